The van der Waals surface area contributed by atoms with Gasteiger partial charge >= 0.3 is 0 Å². The molecule has 4 N–H and O–H groups in total. The van der Waals surface area contributed by atoms with Gasteiger partial charge in [0.2, 0.25) is 11.8 Å². The summed E-state index contributed by atoms with van der Waals surface area (Å²) in [5.41, 5.74) is 6.73. The molecule has 6 nitrogen and oxygen atoms in total. The highest BCUT2D eigenvalue weighted by molar-refractivity contribution is 7.11. The zero-order chi connectivity index (χ0) is 16.0. The smallest absolute Gasteiger partial charge is 0.239 e. The van der Waals surface area contributed by atoms with Crippen LogP contribution in [0.5, 0.6) is 0 Å². The Kier molecular flexibility index (Phi) is 12.3. The summed E-state index contributed by atoms with van der Waals surface area (Å²) in [6.45, 7) is 8.20. The lowest BCUT2D eigenvalue weighted by Crippen LogP contribution is -2.47. The topological polar surface area (TPSA) is 97.1 Å². The van der Waals surface area contributed by atoms with Crippen molar-refractivity contribution in [3.05, 3.63) is 15.6 Å². The van der Waals surface area contributed by atoms with Crippen LogP contribution in [0.15, 0.2) is 0 Å². The molecule has 0 aromatic carbocycles. The maximum atomic E-state index is 11.6. The number of halogens is 2. The van der Waals surface area contributed by atoms with Gasteiger partial charge in [-0.1, -0.05) is 13.8 Å². The lowest BCUT2D eigenvalue weighted by Gasteiger charge is -2.15. The summed E-state index contributed by atoms with van der Waals surface area (Å²) in [4.78, 5) is 28.8. The van der Waals surface area contributed by atoms with E-state index in [-0.39, 0.29) is 49.1 Å². The zero-order valence-corrected chi connectivity index (χ0v) is 16.3. The van der Waals surface area contributed by atoms with Gasteiger partial charge in [-0.2, -0.15) is 0 Å². The first-order chi connectivity index (χ1) is 9.81. The molecular formula is C14H26Cl2N4O2S. The van der Waals surface area contributed by atoms with Gasteiger partial charge in [0.15, 0.2) is 0 Å². The summed E-state index contributed by atoms with van der Waals surface area (Å²) < 4.78 is 0. The van der Waals surface area contributed by atoms with Crippen molar-refractivity contribution >= 4 is 48.0 Å². The number of nitrogens with two attached hydrogens (primary N) is 1. The molecule has 2 amide bonds. The fourth-order valence-electron chi connectivity index (χ4n) is 1.61. The highest BCUT2D eigenvalue weighted by Gasteiger charge is 2.17. The number of hydrogen-bond acceptors (Lipinski definition) is 5. The lowest BCUT2D eigenvalue weighted by molar-refractivity contribution is -0.127. The third-order valence-electron chi connectivity index (χ3n) is 3.18. The minimum absolute atomic E-state index is 0. The first-order valence-electron chi connectivity index (χ1n) is 7.04. The Bertz CT molecular complexity index is 489. The molecule has 0 aliphatic carbocycles. The number of carbonyl (C=O) groups is 2. The van der Waals surface area contributed by atoms with E-state index in [0.29, 0.717) is 13.0 Å². The largest absolute Gasteiger partial charge is 0.354 e. The van der Waals surface area contributed by atoms with E-state index in [0.717, 1.165) is 10.7 Å². The maximum Gasteiger partial charge on any atom is 0.239 e. The van der Waals surface area contributed by atoms with Crippen LogP contribution in [0, 0.1) is 19.8 Å². The minimum Gasteiger partial charge on any atom is -0.354 e. The highest BCUT2D eigenvalue weighted by atomic mass is 35.5. The van der Waals surface area contributed by atoms with Gasteiger partial charge in [-0.25, -0.2) is 4.98 Å². The molecule has 1 aromatic rings. The fraction of sp³-hybridized carbons (Fsp3) is 0.643. The third kappa shape index (κ3) is 8.50. The summed E-state index contributed by atoms with van der Waals surface area (Å²) in [7, 11) is 0. The zero-order valence-electron chi connectivity index (χ0n) is 13.8. The van der Waals surface area contributed by atoms with Crippen LogP contribution in [0.2, 0.25) is 0 Å². The highest BCUT2D eigenvalue weighted by Crippen LogP contribution is 2.16. The lowest BCUT2D eigenvalue weighted by atomic mass is 10.1. The molecular weight excluding hydrogens is 359 g/mol. The van der Waals surface area contributed by atoms with E-state index in [1.807, 2.05) is 27.7 Å². The molecule has 9 heteroatoms. The minimum atomic E-state index is -0.584. The van der Waals surface area contributed by atoms with Crippen molar-refractivity contribution in [1.29, 1.82) is 0 Å². The number of thiazole rings is 1. The van der Waals surface area contributed by atoms with Crippen molar-refractivity contribution < 1.29 is 9.59 Å². The summed E-state index contributed by atoms with van der Waals surface area (Å²) in [6, 6.07) is -0.584. The summed E-state index contributed by atoms with van der Waals surface area (Å²) in [6.07, 6.45) is 0.699. The molecule has 1 rings (SSSR count). The SMILES string of the molecule is Cc1nc(CCNC(=O)CNC(=O)[C@@H](N)C(C)C)sc1C.Cl.Cl. The molecule has 0 aliphatic heterocycles. The first kappa shape index (κ1) is 24.4. The first-order valence-corrected chi connectivity index (χ1v) is 7.85. The molecule has 134 valence electrons. The summed E-state index contributed by atoms with van der Waals surface area (Å²) in [5.74, 6) is -0.472. The van der Waals surface area contributed by atoms with Crippen LogP contribution in [0.25, 0.3) is 0 Å². The molecule has 0 spiro atoms. The molecule has 1 atom stereocenters. The Morgan fingerprint density at radius 1 is 1.22 bits per heavy atom. The number of amides is 2. The van der Waals surface area contributed by atoms with Crippen molar-refractivity contribution in [2.24, 2.45) is 11.7 Å². The van der Waals surface area contributed by atoms with E-state index in [9.17, 15) is 9.59 Å². The van der Waals surface area contributed by atoms with Crippen LogP contribution in [0.1, 0.15) is 29.4 Å². The maximum absolute atomic E-state index is 11.6. The van der Waals surface area contributed by atoms with Gasteiger partial charge in [0, 0.05) is 17.8 Å². The van der Waals surface area contributed by atoms with Crippen LogP contribution in [-0.4, -0.2) is 35.9 Å². The van der Waals surface area contributed by atoms with Crippen molar-refractivity contribution in [3.63, 3.8) is 0 Å². The predicted octanol–water partition coefficient (Wildman–Crippen LogP) is 1.36. The average Bonchev–Trinajstić information content (AvgIpc) is 2.74. The summed E-state index contributed by atoms with van der Waals surface area (Å²) in [5, 5.41) is 6.30. The van der Waals surface area contributed by atoms with Gasteiger partial charge in [0.05, 0.1) is 23.3 Å². The van der Waals surface area contributed by atoms with Gasteiger partial charge in [-0.15, -0.1) is 36.2 Å². The Morgan fingerprint density at radius 3 is 2.30 bits per heavy atom. The van der Waals surface area contributed by atoms with Gasteiger partial charge in [-0.3, -0.25) is 9.59 Å². The molecule has 0 saturated carbocycles. The average molecular weight is 385 g/mol. The predicted molar refractivity (Wildman–Crippen MR) is 98.6 cm³/mol. The van der Waals surface area contributed by atoms with Crippen molar-refractivity contribution in [3.8, 4) is 0 Å². The molecule has 0 saturated heterocycles. The summed E-state index contributed by atoms with van der Waals surface area (Å²) >= 11 is 1.64. The quantitative estimate of drug-likeness (QED) is 0.660. The second kappa shape index (κ2) is 11.6. The number of aromatic nitrogens is 1. The fourth-order valence-corrected chi connectivity index (χ4v) is 2.54. The second-order valence-corrected chi connectivity index (χ2v) is 6.62. The van der Waals surface area contributed by atoms with Crippen LogP contribution >= 0.6 is 36.2 Å². The Balaban J connectivity index is 0. The van der Waals surface area contributed by atoms with Gasteiger partial charge in [-0.05, 0) is 19.8 Å². The van der Waals surface area contributed by atoms with Gasteiger partial charge < -0.3 is 16.4 Å². The van der Waals surface area contributed by atoms with Gasteiger partial charge in [0.1, 0.15) is 0 Å². The number of rotatable bonds is 7. The molecule has 0 radical (unpaired) electrons. The normalized spacial score (nSPS) is 11.2. The molecule has 0 unspecified atom stereocenters. The van der Waals surface area contributed by atoms with E-state index in [1.165, 1.54) is 4.88 Å². The standard InChI is InChI=1S/C14H24N4O2S.2ClH/c1-8(2)13(15)14(20)17-7-11(19)16-6-5-12-18-9(3)10(4)21-12;;/h8,13H,5-7,15H2,1-4H3,(H,16,19)(H,17,20);2*1H/t13-;;/m0../s1. The third-order valence-corrected chi connectivity index (χ3v) is 4.31. The number of carbonyl (C=O) groups excluding carboxylic acids is 2. The van der Waals surface area contributed by atoms with Gasteiger partial charge in [0.25, 0.3) is 0 Å². The number of nitrogens with zero attached hydrogens (tertiary/aromatic N) is 1. The van der Waals surface area contributed by atoms with Crippen LogP contribution in [-0.2, 0) is 16.0 Å². The number of hydrogen-bond donors (Lipinski definition) is 3. The number of aryl methyl sites for hydroxylation is 2. The van der Waals surface area contributed by atoms with E-state index in [1.54, 1.807) is 11.3 Å². The van der Waals surface area contributed by atoms with Crippen LogP contribution in [0.3, 0.4) is 0 Å². The molecule has 23 heavy (non-hydrogen) atoms. The van der Waals surface area contributed by atoms with Crippen LogP contribution < -0.4 is 16.4 Å². The Labute approximate surface area is 153 Å². The van der Waals surface area contributed by atoms with Crippen molar-refractivity contribution in [2.75, 3.05) is 13.1 Å². The van der Waals surface area contributed by atoms with E-state index >= 15 is 0 Å². The Hall–Kier alpha value is -0.890. The molecule has 0 bridgehead atoms. The number of nitrogens with one attached hydrogen (secondary N) is 2. The molecule has 0 aliphatic rings. The second-order valence-electron chi connectivity index (χ2n) is 5.34. The molecule has 0 fully saturated rings. The monoisotopic (exact) mass is 384 g/mol. The van der Waals surface area contributed by atoms with E-state index in [2.05, 4.69) is 15.6 Å². The Morgan fingerprint density at radius 2 is 1.83 bits per heavy atom. The van der Waals surface area contributed by atoms with Crippen molar-refractivity contribution in [2.45, 2.75) is 40.2 Å². The molecule has 1 heterocycles. The van der Waals surface area contributed by atoms with Crippen molar-refractivity contribution in [1.82, 2.24) is 15.6 Å². The molecule has 1 aromatic heterocycles. The van der Waals surface area contributed by atoms with E-state index in [4.69, 9.17) is 5.73 Å². The van der Waals surface area contributed by atoms with Crippen LogP contribution in [0.4, 0.5) is 0 Å². The van der Waals surface area contributed by atoms with E-state index < -0.39 is 6.04 Å².